The number of aromatic amines is 2. The van der Waals surface area contributed by atoms with Crippen molar-refractivity contribution in [1.29, 1.82) is 0 Å². The van der Waals surface area contributed by atoms with Gasteiger partial charge in [0.25, 0.3) is 11.1 Å². The number of nitrogens with one attached hydrogen (secondary N) is 2. The molecule has 0 amide bonds. The zero-order valence-electron chi connectivity index (χ0n) is 22.2. The van der Waals surface area contributed by atoms with Crippen LogP contribution >= 0.6 is 0 Å². The first kappa shape index (κ1) is 27.5. The van der Waals surface area contributed by atoms with Gasteiger partial charge >= 0.3 is 0 Å². The molecule has 0 saturated carbocycles. The third kappa shape index (κ3) is 6.45. The molecule has 2 heterocycles. The summed E-state index contributed by atoms with van der Waals surface area (Å²) in [5.74, 6) is 1.27. The molecule has 4 rings (SSSR count). The predicted octanol–water partition coefficient (Wildman–Crippen LogP) is 6.04. The van der Waals surface area contributed by atoms with E-state index in [4.69, 9.17) is 9.05 Å². The number of hydrogen-bond donors (Lipinski definition) is 3. The molecule has 7 heteroatoms. The Balaban J connectivity index is 1.26. The van der Waals surface area contributed by atoms with Crippen LogP contribution in [-0.2, 0) is 10.8 Å². The van der Waals surface area contributed by atoms with Crippen molar-refractivity contribution in [1.82, 2.24) is 10.3 Å². The molecule has 2 aromatic heterocycles. The first-order chi connectivity index (χ1) is 18.3. The minimum absolute atomic E-state index is 0.236. The van der Waals surface area contributed by atoms with Gasteiger partial charge in [-0.1, -0.05) is 86.3 Å². The summed E-state index contributed by atoms with van der Waals surface area (Å²) in [5, 5.41) is 15.5. The Morgan fingerprint density at radius 2 is 1.08 bits per heavy atom. The Bertz CT molecular complexity index is 1260. The van der Waals surface area contributed by atoms with Gasteiger partial charge in [0, 0.05) is 12.1 Å². The summed E-state index contributed by atoms with van der Waals surface area (Å²) in [5.41, 5.74) is 0.895. The van der Waals surface area contributed by atoms with Gasteiger partial charge in [0.2, 0.25) is 0 Å². The molecule has 0 radical (unpaired) electrons. The van der Waals surface area contributed by atoms with E-state index in [9.17, 15) is 14.7 Å². The molecule has 0 spiro atoms. The van der Waals surface area contributed by atoms with E-state index in [2.05, 4.69) is 48.4 Å². The first-order valence-electron chi connectivity index (χ1n) is 13.5. The molecular formula is C31H38N2O5. The maximum absolute atomic E-state index is 11.7. The van der Waals surface area contributed by atoms with Crippen molar-refractivity contribution < 1.29 is 14.2 Å². The average Bonchev–Trinajstić information content (AvgIpc) is 3.58. The van der Waals surface area contributed by atoms with E-state index in [1.165, 1.54) is 12.1 Å². The van der Waals surface area contributed by atoms with Crippen molar-refractivity contribution in [3.63, 3.8) is 0 Å². The Hall–Kier alpha value is -3.58. The Kier molecular flexibility index (Phi) is 8.89. The van der Waals surface area contributed by atoms with Crippen LogP contribution in [-0.4, -0.2) is 21.5 Å². The minimum Gasteiger partial charge on any atom is -0.393 e. The van der Waals surface area contributed by atoms with Gasteiger partial charge in [0.15, 0.2) is 0 Å². The van der Waals surface area contributed by atoms with Gasteiger partial charge in [-0.3, -0.25) is 9.59 Å². The van der Waals surface area contributed by atoms with Gasteiger partial charge in [0.05, 0.1) is 16.9 Å². The highest BCUT2D eigenvalue weighted by molar-refractivity contribution is 5.34. The second kappa shape index (κ2) is 12.3. The van der Waals surface area contributed by atoms with E-state index >= 15 is 0 Å². The van der Waals surface area contributed by atoms with Gasteiger partial charge in [0.1, 0.15) is 11.5 Å². The van der Waals surface area contributed by atoms with Crippen LogP contribution < -0.4 is 11.1 Å². The smallest absolute Gasteiger partial charge is 0.280 e. The highest BCUT2D eigenvalue weighted by Crippen LogP contribution is 2.37. The SMILES string of the molecule is CC(CCCCC(O)CCCCC(C)(c1ccccc1)c1cc(=O)[nH]o1)(c1ccccc1)c1cc(=O)[nH]o1. The quantitative estimate of drug-likeness (QED) is 0.176. The second-order valence-electron chi connectivity index (χ2n) is 10.7. The molecule has 3 N–H and O–H groups in total. The van der Waals surface area contributed by atoms with E-state index < -0.39 is 10.8 Å². The Labute approximate surface area is 222 Å². The molecular weight excluding hydrogens is 480 g/mol. The van der Waals surface area contributed by atoms with Crippen LogP contribution in [0.2, 0.25) is 0 Å². The molecule has 0 aliphatic heterocycles. The van der Waals surface area contributed by atoms with E-state index in [0.717, 1.165) is 62.5 Å². The van der Waals surface area contributed by atoms with Crippen molar-refractivity contribution in [3.8, 4) is 0 Å². The zero-order valence-corrected chi connectivity index (χ0v) is 22.2. The van der Waals surface area contributed by atoms with Crippen molar-refractivity contribution in [3.05, 3.63) is 116 Å². The fourth-order valence-electron chi connectivity index (χ4n) is 5.40. The lowest BCUT2D eigenvalue weighted by atomic mass is 9.75. The monoisotopic (exact) mass is 518 g/mol. The van der Waals surface area contributed by atoms with Crippen LogP contribution in [0.5, 0.6) is 0 Å². The molecule has 38 heavy (non-hydrogen) atoms. The summed E-state index contributed by atoms with van der Waals surface area (Å²) >= 11 is 0. The number of aliphatic hydroxyl groups excluding tert-OH is 1. The van der Waals surface area contributed by atoms with Gasteiger partial charge < -0.3 is 14.2 Å². The Morgan fingerprint density at radius 3 is 1.42 bits per heavy atom. The van der Waals surface area contributed by atoms with E-state index in [1.54, 1.807) is 0 Å². The molecule has 2 aromatic carbocycles. The topological polar surface area (TPSA) is 112 Å². The predicted molar refractivity (Wildman–Crippen MR) is 147 cm³/mol. The first-order valence-corrected chi connectivity index (χ1v) is 13.5. The van der Waals surface area contributed by atoms with Gasteiger partial charge in [-0.2, -0.15) is 10.3 Å². The largest absolute Gasteiger partial charge is 0.393 e. The van der Waals surface area contributed by atoms with Gasteiger partial charge in [-0.05, 0) is 50.7 Å². The van der Waals surface area contributed by atoms with Crippen molar-refractivity contribution in [2.24, 2.45) is 0 Å². The molecule has 0 bridgehead atoms. The van der Waals surface area contributed by atoms with Crippen LogP contribution in [0.4, 0.5) is 0 Å². The molecule has 7 nitrogen and oxygen atoms in total. The highest BCUT2D eigenvalue weighted by atomic mass is 16.5. The van der Waals surface area contributed by atoms with Crippen molar-refractivity contribution >= 4 is 0 Å². The maximum atomic E-state index is 11.7. The van der Waals surface area contributed by atoms with Crippen LogP contribution in [0, 0.1) is 0 Å². The third-order valence-corrected chi connectivity index (χ3v) is 7.89. The second-order valence-corrected chi connectivity index (χ2v) is 10.7. The summed E-state index contributed by atoms with van der Waals surface area (Å²) in [4.78, 5) is 23.5. The number of aliphatic hydroxyl groups is 1. The average molecular weight is 519 g/mol. The number of unbranched alkanes of at least 4 members (excludes halogenated alkanes) is 2. The number of H-pyrrole nitrogens is 2. The molecule has 0 aliphatic rings. The lowest BCUT2D eigenvalue weighted by Crippen LogP contribution is -2.24. The lowest BCUT2D eigenvalue weighted by Gasteiger charge is -2.28. The van der Waals surface area contributed by atoms with Crippen LogP contribution in [0.1, 0.15) is 87.9 Å². The fraction of sp³-hybridized carbons (Fsp3) is 0.419. The summed E-state index contributed by atoms with van der Waals surface area (Å²) < 4.78 is 11.0. The number of aromatic nitrogens is 2. The minimum atomic E-state index is -0.416. The van der Waals surface area contributed by atoms with Crippen LogP contribution in [0.3, 0.4) is 0 Å². The molecule has 0 fully saturated rings. The van der Waals surface area contributed by atoms with Crippen LogP contribution in [0.15, 0.2) is 91.4 Å². The Morgan fingerprint density at radius 1 is 0.684 bits per heavy atom. The standard InChI is InChI=1S/C31H38N2O5/c1-30(23-13-5-3-6-14-23,26-21-28(35)32-37-26)19-11-9-17-25(34)18-10-12-20-31(2,24-15-7-4-8-16-24)27-22-29(36)33-38-27/h3-8,13-16,21-22,25,34H,9-12,17-20H2,1-2H3,(H,32,35)(H,33,36). The molecule has 0 aliphatic carbocycles. The third-order valence-electron chi connectivity index (χ3n) is 7.89. The highest BCUT2D eigenvalue weighted by Gasteiger charge is 2.33. The number of rotatable bonds is 14. The zero-order chi connectivity index (χ0) is 27.0. The fourth-order valence-corrected chi connectivity index (χ4v) is 5.40. The van der Waals surface area contributed by atoms with Crippen LogP contribution in [0.25, 0.3) is 0 Å². The number of benzene rings is 2. The van der Waals surface area contributed by atoms with E-state index in [-0.39, 0.29) is 17.2 Å². The normalized spacial score (nSPS) is 15.6. The molecule has 202 valence electrons. The molecule has 4 aromatic rings. The summed E-state index contributed by atoms with van der Waals surface area (Å²) in [6, 6.07) is 23.2. The van der Waals surface area contributed by atoms with E-state index in [0.29, 0.717) is 11.5 Å². The summed E-state index contributed by atoms with van der Waals surface area (Å²) in [6.07, 6.45) is 6.27. The molecule has 0 saturated heterocycles. The maximum Gasteiger partial charge on any atom is 0.280 e. The van der Waals surface area contributed by atoms with E-state index in [1.807, 2.05) is 36.4 Å². The van der Waals surface area contributed by atoms with Gasteiger partial charge in [-0.15, -0.1) is 0 Å². The number of hydrogen-bond acceptors (Lipinski definition) is 5. The molecule has 2 unspecified atom stereocenters. The summed E-state index contributed by atoms with van der Waals surface area (Å²) in [7, 11) is 0. The van der Waals surface area contributed by atoms with Gasteiger partial charge in [-0.25, -0.2) is 0 Å². The van der Waals surface area contributed by atoms with Crippen molar-refractivity contribution in [2.75, 3.05) is 0 Å². The lowest BCUT2D eigenvalue weighted by molar-refractivity contribution is 0.145. The molecule has 2 atom stereocenters. The van der Waals surface area contributed by atoms with Crippen molar-refractivity contribution in [2.45, 2.75) is 82.1 Å². The summed E-state index contributed by atoms with van der Waals surface area (Å²) in [6.45, 7) is 4.20.